The Balaban J connectivity index is 0.872. The van der Waals surface area contributed by atoms with Gasteiger partial charge in [-0.2, -0.15) is 0 Å². The van der Waals surface area contributed by atoms with Gasteiger partial charge in [0.15, 0.2) is 0 Å². The van der Waals surface area contributed by atoms with Gasteiger partial charge in [0, 0.05) is 46.9 Å². The standard InChI is InChI=1S/C50H36N4O10S/c1-30-24-45(55)54(48(30)58)40-20-16-31(17-21-40)46(56)52-38-7-4-10-43(28-38)65(61,62)44-11-5-8-39(29-44)53-47(57)32-18-22-41(23-19-32)63-49(59)35-14-12-34-26-36(15-13-33(34)25-35)50(60)64-42-9-3-6-37(27-42)51-2/h3-23,25-29,51H,1,24H2,2H3,(H,52,56)(H,53,57). The van der Waals surface area contributed by atoms with E-state index >= 15 is 0 Å². The molecule has 0 unspecified atom stereocenters. The van der Waals surface area contributed by atoms with Crippen LogP contribution in [0, 0.1) is 0 Å². The zero-order valence-electron chi connectivity index (χ0n) is 34.4. The van der Waals surface area contributed by atoms with Crippen LogP contribution in [0.25, 0.3) is 10.8 Å². The van der Waals surface area contributed by atoms with E-state index in [1.54, 1.807) is 61.6 Å². The van der Waals surface area contributed by atoms with E-state index in [1.165, 1.54) is 97.1 Å². The third-order valence-electron chi connectivity index (χ3n) is 10.3. The molecule has 1 aliphatic rings. The number of hydrogen-bond donors (Lipinski definition) is 3. The van der Waals surface area contributed by atoms with Crippen molar-refractivity contribution in [3.63, 3.8) is 0 Å². The molecule has 0 radical (unpaired) electrons. The number of imide groups is 1. The summed E-state index contributed by atoms with van der Waals surface area (Å²) in [5.74, 6) is -2.62. The number of carbonyl (C=O) groups excluding carboxylic acids is 6. The van der Waals surface area contributed by atoms with Gasteiger partial charge in [-0.3, -0.25) is 19.2 Å². The summed E-state index contributed by atoms with van der Waals surface area (Å²) in [5.41, 5.74) is 2.67. The molecule has 8 rings (SSSR count). The minimum absolute atomic E-state index is 0.0763. The molecule has 7 aromatic rings. The number of benzene rings is 7. The number of nitrogens with zero attached hydrogens (tertiary/aromatic N) is 1. The van der Waals surface area contributed by atoms with Gasteiger partial charge in [0.25, 0.3) is 17.7 Å². The quantitative estimate of drug-likeness (QED) is 0.0461. The maximum Gasteiger partial charge on any atom is 0.343 e. The highest BCUT2D eigenvalue weighted by Gasteiger charge is 2.33. The van der Waals surface area contributed by atoms with Crippen molar-refractivity contribution in [3.05, 3.63) is 192 Å². The molecule has 0 bridgehead atoms. The fourth-order valence-electron chi connectivity index (χ4n) is 6.88. The molecule has 4 amide bonds. The molecule has 1 fully saturated rings. The third kappa shape index (κ3) is 9.40. The molecule has 0 aliphatic carbocycles. The molecule has 14 nitrogen and oxygen atoms in total. The molecule has 3 N–H and O–H groups in total. The van der Waals surface area contributed by atoms with Gasteiger partial charge in [-0.25, -0.2) is 22.9 Å². The highest BCUT2D eigenvalue weighted by atomic mass is 32.2. The van der Waals surface area contributed by atoms with Gasteiger partial charge in [0.2, 0.25) is 15.7 Å². The fraction of sp³-hybridized carbons (Fsp3) is 0.0400. The Morgan fingerprint density at radius 1 is 0.554 bits per heavy atom. The van der Waals surface area contributed by atoms with E-state index in [2.05, 4.69) is 22.5 Å². The second-order valence-electron chi connectivity index (χ2n) is 14.7. The highest BCUT2D eigenvalue weighted by Crippen LogP contribution is 2.29. The van der Waals surface area contributed by atoms with Crippen LogP contribution in [-0.2, 0) is 19.4 Å². The SMILES string of the molecule is C=C1CC(=O)N(c2ccc(C(=O)Nc3cccc(S(=O)(=O)c4cccc(NC(=O)c5ccc(OC(=O)c6ccc7cc(C(=O)Oc8cccc(NC)c8)ccc7c6)cc5)c4)c3)cc2)C1=O. The molecule has 7 aromatic carbocycles. The summed E-state index contributed by atoms with van der Waals surface area (Å²) >= 11 is 0. The molecule has 0 saturated carbocycles. The Labute approximate surface area is 372 Å². The number of anilines is 4. The second-order valence-corrected chi connectivity index (χ2v) is 16.6. The first-order valence-corrected chi connectivity index (χ1v) is 21.3. The lowest BCUT2D eigenvalue weighted by atomic mass is 10.0. The van der Waals surface area contributed by atoms with Crippen LogP contribution in [0.1, 0.15) is 47.9 Å². The van der Waals surface area contributed by atoms with Crippen molar-refractivity contribution in [2.24, 2.45) is 0 Å². The van der Waals surface area contributed by atoms with Gasteiger partial charge < -0.3 is 25.4 Å². The second kappa shape index (κ2) is 18.0. The van der Waals surface area contributed by atoms with E-state index in [0.717, 1.165) is 10.6 Å². The predicted molar refractivity (Wildman–Crippen MR) is 243 cm³/mol. The lowest BCUT2D eigenvalue weighted by molar-refractivity contribution is -0.120. The Hall–Kier alpha value is -8.69. The maximum atomic E-state index is 13.7. The van der Waals surface area contributed by atoms with E-state index in [0.29, 0.717) is 27.8 Å². The summed E-state index contributed by atoms with van der Waals surface area (Å²) in [6.45, 7) is 3.60. The first-order chi connectivity index (χ1) is 31.2. The highest BCUT2D eigenvalue weighted by molar-refractivity contribution is 7.91. The average molecular weight is 885 g/mol. The molecular formula is C50H36N4O10S. The van der Waals surface area contributed by atoms with Crippen LogP contribution in [0.3, 0.4) is 0 Å². The van der Waals surface area contributed by atoms with Gasteiger partial charge in [0.1, 0.15) is 11.5 Å². The minimum atomic E-state index is -4.13. The molecule has 1 aliphatic heterocycles. The summed E-state index contributed by atoms with van der Waals surface area (Å²) in [6, 6.07) is 39.9. The number of nitrogens with one attached hydrogen (secondary N) is 3. The zero-order chi connectivity index (χ0) is 45.8. The van der Waals surface area contributed by atoms with Crippen molar-refractivity contribution < 1.29 is 46.7 Å². The number of hydrogen-bond acceptors (Lipinski definition) is 11. The summed E-state index contributed by atoms with van der Waals surface area (Å²) < 4.78 is 38.6. The lowest BCUT2D eigenvalue weighted by Crippen LogP contribution is -2.28. The molecule has 1 saturated heterocycles. The Bertz CT molecular complexity index is 3220. The Morgan fingerprint density at radius 2 is 1.03 bits per heavy atom. The monoisotopic (exact) mass is 884 g/mol. The van der Waals surface area contributed by atoms with Crippen molar-refractivity contribution in [2.45, 2.75) is 16.2 Å². The number of carbonyl (C=O) groups is 6. The predicted octanol–water partition coefficient (Wildman–Crippen LogP) is 8.48. The van der Waals surface area contributed by atoms with E-state index in [-0.39, 0.29) is 55.6 Å². The van der Waals surface area contributed by atoms with Crippen molar-refractivity contribution in [1.29, 1.82) is 0 Å². The van der Waals surface area contributed by atoms with Crippen LogP contribution < -0.4 is 30.3 Å². The van der Waals surface area contributed by atoms with Crippen molar-refractivity contribution >= 4 is 78.9 Å². The summed E-state index contributed by atoms with van der Waals surface area (Å²) in [5, 5.41) is 9.76. The lowest BCUT2D eigenvalue weighted by Gasteiger charge is -2.14. The van der Waals surface area contributed by atoms with Gasteiger partial charge >= 0.3 is 11.9 Å². The number of amides is 4. The third-order valence-corrected chi connectivity index (χ3v) is 12.0. The molecule has 65 heavy (non-hydrogen) atoms. The minimum Gasteiger partial charge on any atom is -0.423 e. The van der Waals surface area contributed by atoms with Gasteiger partial charge in [-0.1, -0.05) is 36.9 Å². The van der Waals surface area contributed by atoms with Crippen molar-refractivity contribution in [3.8, 4) is 11.5 Å². The number of esters is 2. The topological polar surface area (TPSA) is 194 Å². The summed E-state index contributed by atoms with van der Waals surface area (Å²) in [6.07, 6.45) is -0.0763. The molecule has 1 heterocycles. The van der Waals surface area contributed by atoms with Crippen LogP contribution in [0.15, 0.2) is 180 Å². The van der Waals surface area contributed by atoms with Crippen molar-refractivity contribution in [1.82, 2.24) is 0 Å². The molecule has 15 heteroatoms. The maximum absolute atomic E-state index is 13.7. The Morgan fingerprint density at radius 3 is 1.54 bits per heavy atom. The number of sulfone groups is 1. The molecule has 0 atom stereocenters. The van der Waals surface area contributed by atoms with Crippen LogP contribution in [-0.4, -0.2) is 51.0 Å². The molecule has 0 aromatic heterocycles. The van der Waals surface area contributed by atoms with Gasteiger partial charge in [-0.15, -0.1) is 0 Å². The zero-order valence-corrected chi connectivity index (χ0v) is 35.2. The molecule has 322 valence electrons. The summed E-state index contributed by atoms with van der Waals surface area (Å²) in [7, 11) is -2.37. The normalized spacial score (nSPS) is 12.4. The first kappa shape index (κ1) is 43.0. The number of ether oxygens (including phenoxy) is 2. The van der Waals surface area contributed by atoms with Crippen LogP contribution in [0.2, 0.25) is 0 Å². The smallest absolute Gasteiger partial charge is 0.343 e. The van der Waals surface area contributed by atoms with Crippen LogP contribution in [0.5, 0.6) is 11.5 Å². The van der Waals surface area contributed by atoms with Crippen LogP contribution >= 0.6 is 0 Å². The van der Waals surface area contributed by atoms with E-state index in [9.17, 15) is 37.2 Å². The first-order valence-electron chi connectivity index (χ1n) is 19.8. The molecular weight excluding hydrogens is 849 g/mol. The molecule has 0 spiro atoms. The van der Waals surface area contributed by atoms with Crippen molar-refractivity contribution in [2.75, 3.05) is 27.9 Å². The average Bonchev–Trinajstić information content (AvgIpc) is 3.58. The largest absolute Gasteiger partial charge is 0.423 e. The number of rotatable bonds is 12. The Kier molecular flexibility index (Phi) is 11.9. The van der Waals surface area contributed by atoms with E-state index in [4.69, 9.17) is 9.47 Å². The number of fused-ring (bicyclic) bond motifs is 1. The van der Waals surface area contributed by atoms with Crippen LogP contribution in [0.4, 0.5) is 22.7 Å². The fourth-order valence-corrected chi connectivity index (χ4v) is 8.23. The van der Waals surface area contributed by atoms with E-state index in [1.807, 2.05) is 6.07 Å². The van der Waals surface area contributed by atoms with E-state index < -0.39 is 45.4 Å². The van der Waals surface area contributed by atoms with Gasteiger partial charge in [-0.05, 0) is 132 Å². The van der Waals surface area contributed by atoms with Gasteiger partial charge in [0.05, 0.1) is 33.0 Å². The summed E-state index contributed by atoms with van der Waals surface area (Å²) in [4.78, 5) is 77.5.